The number of nitrogens with zero attached hydrogens (tertiary/aromatic N) is 2. The van der Waals surface area contributed by atoms with Crippen molar-refractivity contribution in [1.82, 2.24) is 9.78 Å². The van der Waals surface area contributed by atoms with Crippen LogP contribution in [0.3, 0.4) is 0 Å². The van der Waals surface area contributed by atoms with Crippen LogP contribution in [-0.2, 0) is 15.7 Å². The smallest absolute Gasteiger partial charge is 0.161 e. The lowest BCUT2D eigenvalue weighted by Crippen LogP contribution is -2.29. The molecule has 6 nitrogen and oxygen atoms in total. The summed E-state index contributed by atoms with van der Waals surface area (Å²) in [5, 5.41) is 8.97. The van der Waals surface area contributed by atoms with Crippen LogP contribution in [0.1, 0.15) is 129 Å². The third-order valence-corrected chi connectivity index (χ3v) is 7.63. The monoisotopic (exact) mass is 535 g/mol. The molecule has 1 unspecified atom stereocenters. The molecule has 0 saturated heterocycles. The van der Waals surface area contributed by atoms with Crippen molar-refractivity contribution in [3.8, 4) is 11.5 Å². The number of nitrogens with one attached hydrogen (secondary N) is 1. The van der Waals surface area contributed by atoms with E-state index in [4.69, 9.17) is 14.6 Å². The number of anilines is 1. The Morgan fingerprint density at radius 1 is 0.949 bits per heavy atom. The van der Waals surface area contributed by atoms with Gasteiger partial charge >= 0.3 is 0 Å². The number of hydrogen-bond donors (Lipinski definition) is 1. The van der Waals surface area contributed by atoms with Gasteiger partial charge in [0.2, 0.25) is 0 Å². The lowest BCUT2D eigenvalue weighted by atomic mass is 9.75. The Labute approximate surface area is 235 Å². The zero-order valence-electron chi connectivity index (χ0n) is 25.5. The Kier molecular flexibility index (Phi) is 8.82. The van der Waals surface area contributed by atoms with Gasteiger partial charge in [-0.25, -0.2) is 4.68 Å². The lowest BCUT2D eigenvalue weighted by Gasteiger charge is -2.33. The fourth-order valence-electron chi connectivity index (χ4n) is 5.56. The molecule has 2 heterocycles. The van der Waals surface area contributed by atoms with Gasteiger partial charge in [-0.05, 0) is 70.6 Å². The molecule has 1 aliphatic heterocycles. The van der Waals surface area contributed by atoms with Crippen molar-refractivity contribution in [1.29, 1.82) is 0 Å². The maximum atomic E-state index is 13.8. The predicted octanol–water partition coefficient (Wildman–Crippen LogP) is 8.25. The van der Waals surface area contributed by atoms with E-state index in [2.05, 4.69) is 77.5 Å². The van der Waals surface area contributed by atoms with Gasteiger partial charge in [0, 0.05) is 34.6 Å². The standard InChI is InChI=1S/C33H49N3O3/c1-9-11-19-38-25-18-17-22(21-26(25)39-20-12-10-2)27-28-23(15-13-14-16-24(28)37)34-31-29(27)30(32(3,4)5)35-36(31)33(6,7)8/h17-18,21,27,34H,9-16,19-20H2,1-8H3. The predicted molar refractivity (Wildman–Crippen MR) is 159 cm³/mol. The van der Waals surface area contributed by atoms with Crippen molar-refractivity contribution >= 4 is 11.6 Å². The summed E-state index contributed by atoms with van der Waals surface area (Å²) in [4.78, 5) is 13.8. The minimum Gasteiger partial charge on any atom is -0.490 e. The summed E-state index contributed by atoms with van der Waals surface area (Å²) in [5.74, 6) is 2.60. The fourth-order valence-corrected chi connectivity index (χ4v) is 5.56. The highest BCUT2D eigenvalue weighted by Gasteiger charge is 2.42. The number of hydrogen-bond acceptors (Lipinski definition) is 5. The topological polar surface area (TPSA) is 65.4 Å². The molecule has 1 atom stereocenters. The molecular weight excluding hydrogens is 486 g/mol. The summed E-state index contributed by atoms with van der Waals surface area (Å²) in [5.41, 5.74) is 4.75. The van der Waals surface area contributed by atoms with Gasteiger partial charge in [-0.15, -0.1) is 0 Å². The SMILES string of the molecule is CCCCOc1ccc(C2C3=C(CCCCC3=O)Nc3c2c(C(C)(C)C)nn3C(C)(C)C)cc1OCCCC. The molecule has 1 N–H and O–H groups in total. The summed E-state index contributed by atoms with van der Waals surface area (Å²) < 4.78 is 14.6. The van der Waals surface area contributed by atoms with E-state index in [1.54, 1.807) is 0 Å². The van der Waals surface area contributed by atoms with E-state index in [0.717, 1.165) is 90.4 Å². The number of carbonyl (C=O) groups excluding carboxylic acids is 1. The maximum Gasteiger partial charge on any atom is 0.161 e. The first-order valence-corrected chi connectivity index (χ1v) is 15.0. The molecule has 0 amide bonds. The molecule has 214 valence electrons. The van der Waals surface area contributed by atoms with Crippen molar-refractivity contribution < 1.29 is 14.3 Å². The number of Topliss-reactive ketones (excluding diaryl/α,β-unsaturated/α-hetero) is 1. The molecule has 0 saturated carbocycles. The van der Waals surface area contributed by atoms with Crippen molar-refractivity contribution in [2.45, 2.75) is 124 Å². The van der Waals surface area contributed by atoms with Crippen molar-refractivity contribution in [3.05, 3.63) is 46.3 Å². The average Bonchev–Trinajstić information content (AvgIpc) is 3.17. The number of carbonyl (C=O) groups is 1. The van der Waals surface area contributed by atoms with E-state index >= 15 is 0 Å². The first-order chi connectivity index (χ1) is 18.5. The van der Waals surface area contributed by atoms with Crippen molar-refractivity contribution in [3.63, 3.8) is 0 Å². The zero-order chi connectivity index (χ0) is 28.4. The summed E-state index contributed by atoms with van der Waals surface area (Å²) in [6.45, 7) is 18.8. The van der Waals surface area contributed by atoms with Crippen LogP contribution in [0.25, 0.3) is 0 Å². The van der Waals surface area contributed by atoms with Gasteiger partial charge in [0.1, 0.15) is 5.82 Å². The Hall–Kier alpha value is -2.76. The van der Waals surface area contributed by atoms with E-state index < -0.39 is 0 Å². The minimum atomic E-state index is -0.219. The minimum absolute atomic E-state index is 0.198. The zero-order valence-corrected chi connectivity index (χ0v) is 25.5. The quantitative estimate of drug-likeness (QED) is 0.328. The van der Waals surface area contributed by atoms with Crippen molar-refractivity contribution in [2.24, 2.45) is 0 Å². The van der Waals surface area contributed by atoms with Gasteiger partial charge in [-0.2, -0.15) is 5.10 Å². The van der Waals surface area contributed by atoms with Gasteiger partial charge in [-0.3, -0.25) is 4.79 Å². The van der Waals surface area contributed by atoms with E-state index in [9.17, 15) is 4.79 Å². The molecule has 2 aliphatic rings. The van der Waals surface area contributed by atoms with E-state index in [-0.39, 0.29) is 22.7 Å². The molecule has 1 aliphatic carbocycles. The number of allylic oxidation sites excluding steroid dienone is 2. The Morgan fingerprint density at radius 2 is 1.59 bits per heavy atom. The Bertz CT molecular complexity index is 1210. The van der Waals surface area contributed by atoms with Crippen LogP contribution in [0.4, 0.5) is 5.82 Å². The third kappa shape index (κ3) is 6.20. The number of aromatic nitrogens is 2. The first kappa shape index (κ1) is 29.2. The summed E-state index contributed by atoms with van der Waals surface area (Å²) in [6.07, 6.45) is 7.51. The molecular formula is C33H49N3O3. The second-order valence-electron chi connectivity index (χ2n) is 13.1. The van der Waals surface area contributed by atoms with Crippen LogP contribution in [0.5, 0.6) is 11.5 Å². The van der Waals surface area contributed by atoms with E-state index in [1.807, 2.05) is 6.07 Å². The molecule has 6 heteroatoms. The molecule has 0 spiro atoms. The van der Waals surface area contributed by atoms with Gasteiger partial charge in [-0.1, -0.05) is 53.5 Å². The fraction of sp³-hybridized carbons (Fsp3) is 0.636. The number of unbranched alkanes of at least 4 members (excludes halogenated alkanes) is 2. The molecule has 39 heavy (non-hydrogen) atoms. The number of fused-ring (bicyclic) bond motifs is 1. The number of rotatable bonds is 9. The largest absolute Gasteiger partial charge is 0.490 e. The third-order valence-electron chi connectivity index (χ3n) is 7.63. The maximum absolute atomic E-state index is 13.8. The second kappa shape index (κ2) is 11.8. The highest BCUT2D eigenvalue weighted by molar-refractivity contribution is 6.00. The number of ketones is 1. The number of ether oxygens (including phenoxy) is 2. The summed E-state index contributed by atoms with van der Waals surface area (Å²) >= 11 is 0. The van der Waals surface area contributed by atoms with Crippen LogP contribution in [-0.4, -0.2) is 28.8 Å². The Balaban J connectivity index is 1.94. The molecule has 0 bridgehead atoms. The van der Waals surface area contributed by atoms with Crippen LogP contribution in [0, 0.1) is 0 Å². The van der Waals surface area contributed by atoms with Crippen molar-refractivity contribution in [2.75, 3.05) is 18.5 Å². The molecule has 1 aromatic heterocycles. The number of benzene rings is 1. The average molecular weight is 536 g/mol. The normalized spacial score (nSPS) is 17.8. The highest BCUT2D eigenvalue weighted by Crippen LogP contribution is 2.50. The van der Waals surface area contributed by atoms with Crippen LogP contribution in [0.15, 0.2) is 29.5 Å². The first-order valence-electron chi connectivity index (χ1n) is 15.0. The van der Waals surface area contributed by atoms with Gasteiger partial charge in [0.15, 0.2) is 17.3 Å². The summed E-state index contributed by atoms with van der Waals surface area (Å²) in [6, 6.07) is 6.30. The van der Waals surface area contributed by atoms with Gasteiger partial charge in [0.25, 0.3) is 0 Å². The molecule has 1 aromatic carbocycles. The second-order valence-corrected chi connectivity index (χ2v) is 13.1. The van der Waals surface area contributed by atoms with Crippen LogP contribution < -0.4 is 14.8 Å². The summed E-state index contributed by atoms with van der Waals surface area (Å²) in [7, 11) is 0. The van der Waals surface area contributed by atoms with E-state index in [0.29, 0.717) is 19.6 Å². The molecule has 4 rings (SSSR count). The molecule has 0 radical (unpaired) electrons. The lowest BCUT2D eigenvalue weighted by molar-refractivity contribution is -0.115. The molecule has 2 aromatic rings. The Morgan fingerprint density at radius 3 is 2.21 bits per heavy atom. The van der Waals surface area contributed by atoms with Gasteiger partial charge in [0.05, 0.1) is 24.4 Å². The van der Waals surface area contributed by atoms with Crippen LogP contribution >= 0.6 is 0 Å². The molecule has 0 fully saturated rings. The van der Waals surface area contributed by atoms with E-state index in [1.165, 1.54) is 0 Å². The van der Waals surface area contributed by atoms with Gasteiger partial charge < -0.3 is 14.8 Å². The van der Waals surface area contributed by atoms with Crippen LogP contribution in [0.2, 0.25) is 0 Å². The highest BCUT2D eigenvalue weighted by atomic mass is 16.5.